The van der Waals surface area contributed by atoms with E-state index in [1.165, 1.54) is 6.92 Å². The number of benzene rings is 1. The minimum atomic E-state index is -5.10. The number of nitrogens with two attached hydrogens (primary N) is 6. The van der Waals surface area contributed by atoms with E-state index in [0.29, 0.717) is 40.2 Å². The highest BCUT2D eigenvalue weighted by atomic mass is 31.2. The lowest BCUT2D eigenvalue weighted by atomic mass is 9.58. The Hall–Kier alpha value is -7.00. The van der Waals surface area contributed by atoms with Crippen LogP contribution in [-0.2, 0) is 51.9 Å². The molecule has 27 nitrogen and oxygen atoms in total. The molecule has 7 heterocycles. The summed E-state index contributed by atoms with van der Waals surface area (Å²) in [5.41, 5.74) is 38.4. The number of H-pyrrole nitrogens is 1. The zero-order valence-electron chi connectivity index (χ0n) is 53.4. The molecule has 0 saturated carbocycles. The quantitative estimate of drug-likeness (QED) is 0.0383. The van der Waals surface area contributed by atoms with Gasteiger partial charge < -0.3 is 75.5 Å². The van der Waals surface area contributed by atoms with Gasteiger partial charge in [0.25, 0.3) is 0 Å². The first-order chi connectivity index (χ1) is 41.8. The number of phosphoric ester groups is 1. The van der Waals surface area contributed by atoms with Gasteiger partial charge in [0.2, 0.25) is 53.9 Å². The number of aliphatic hydroxyl groups excluding tert-OH is 2. The number of fused-ring (bicyclic) bond motifs is 10. The van der Waals surface area contributed by atoms with Gasteiger partial charge >= 0.3 is 7.82 Å². The molecule has 0 spiro atoms. The number of rotatable bonds is 25. The van der Waals surface area contributed by atoms with Crippen molar-refractivity contribution in [3.05, 3.63) is 75.2 Å². The van der Waals surface area contributed by atoms with Crippen molar-refractivity contribution < 1.29 is 71.6 Å². The minimum absolute atomic E-state index is 0.00924. The standard InChI is InChI=1S/C62H92N13O14P/c1-29-20-39-40(21-30(29)2)75(28-70-39)57-52(84)53(41(27-76)87-57)89-90(85,86)88-31(3)26-69-49(83)18-19-59(8)37(22-46(66)80)56-62(11)61(10,25-48(68)82)36(14-17-45(65)79)51(74-62)33(5)55-60(9,24-47(67)81)34(12-15-43(63)77)38(71-55)23-42-58(6,7)35(13-16-44(64)78)50(72-42)32(4)54(59)73-56/h20-21,23,26,28,31,34-35,37-38,41,50,52-53,56-57,71-74,76,84H,12-19,22,24-25,27H2,1-11H3,(H13,63,64,65,66,67,68,77,78,79,80,81,82,85,86)/p+1/b42-23-,54-32-,55-33-,69-26?/t31-,34-,35-,37+,38?,41-,50?,52-,53-,56-,57+,59-,60+,61+,62+/m1/s1. The first-order valence-corrected chi connectivity index (χ1v) is 32.2. The second kappa shape index (κ2) is 25.6. The highest BCUT2D eigenvalue weighted by Crippen LogP contribution is 2.62. The lowest BCUT2D eigenvalue weighted by molar-refractivity contribution is -0.743. The van der Waals surface area contributed by atoms with Crippen molar-refractivity contribution in [3.8, 4) is 0 Å². The van der Waals surface area contributed by atoms with E-state index in [4.69, 9.17) is 48.2 Å². The predicted molar refractivity (Wildman–Crippen MR) is 331 cm³/mol. The Morgan fingerprint density at radius 2 is 1.41 bits per heavy atom. The van der Waals surface area contributed by atoms with Crippen molar-refractivity contribution in [1.82, 2.24) is 26.3 Å². The SMILES string of the molecule is C/C1=C2/NC(/C=C3\NC(/C(C)=C4\N[C@H]([C@H](CC(N)=O)[C@@]4(C)CCC(=O)N=C[C@@H](C)OP(=O)(O)O[C@H]4[C@@H](O)[C@@H]([n+]5c[nH]c6cc(C)c(C)cc65)O[C@@H]4CO)[C@]4(C)NC1=C(CCC(N)=O)[C@]4(C)CC(N)=O)[C@@H](CCC(N)=O)C3(C)C)[C@@H](CCC(N)=O)[C@]2(C)CC(N)=O. The van der Waals surface area contributed by atoms with Gasteiger partial charge in [0.15, 0.2) is 11.0 Å². The molecule has 90 heavy (non-hydrogen) atoms. The number of primary amides is 6. The fourth-order valence-corrected chi connectivity index (χ4v) is 17.1. The number of aryl methyl sites for hydroxylation is 2. The number of carbonyl (C=O) groups is 7. The number of nitrogens with one attached hydrogen (secondary N) is 5. The molecule has 6 aliphatic heterocycles. The van der Waals surface area contributed by atoms with Crippen molar-refractivity contribution in [1.29, 1.82) is 0 Å². The summed E-state index contributed by atoms with van der Waals surface area (Å²) >= 11 is 0. The van der Waals surface area contributed by atoms with E-state index in [9.17, 15) is 53.2 Å². The van der Waals surface area contributed by atoms with Crippen molar-refractivity contribution in [2.75, 3.05) is 6.61 Å². The molecule has 0 radical (unpaired) electrons. The number of carbonyl (C=O) groups excluding carboxylic acids is 7. The van der Waals surface area contributed by atoms with Crippen LogP contribution in [0.2, 0.25) is 0 Å². The molecule has 4 fully saturated rings. The summed E-state index contributed by atoms with van der Waals surface area (Å²) < 4.78 is 32.2. The number of amides is 7. The Labute approximate surface area is 524 Å². The van der Waals surface area contributed by atoms with Crippen LogP contribution < -0.4 is 60.2 Å². The van der Waals surface area contributed by atoms with Crippen molar-refractivity contribution in [2.24, 2.45) is 78.8 Å². The number of phosphoric acid groups is 1. The van der Waals surface area contributed by atoms with Crippen molar-refractivity contribution >= 4 is 66.4 Å². The summed E-state index contributed by atoms with van der Waals surface area (Å²) in [6, 6.07) is 1.82. The van der Waals surface area contributed by atoms with Crippen LogP contribution in [0.3, 0.4) is 0 Å². The van der Waals surface area contributed by atoms with Crippen LogP contribution in [0.1, 0.15) is 150 Å². The molecule has 2 aromatic rings. The van der Waals surface area contributed by atoms with Gasteiger partial charge in [-0.05, 0) is 125 Å². The van der Waals surface area contributed by atoms with Gasteiger partial charge in [-0.3, -0.25) is 42.6 Å². The largest absolute Gasteiger partial charge is 0.473 e. The molecule has 4 saturated heterocycles. The average molecular weight is 1280 g/mol. The van der Waals surface area contributed by atoms with Crippen LogP contribution in [0.25, 0.3) is 11.0 Å². The topological polar surface area (TPSA) is 461 Å². The van der Waals surface area contributed by atoms with Gasteiger partial charge in [0.1, 0.15) is 24.4 Å². The summed E-state index contributed by atoms with van der Waals surface area (Å²) in [6.07, 6.45) is -2.75. The lowest BCUT2D eigenvalue weighted by Gasteiger charge is -2.49. The van der Waals surface area contributed by atoms with Gasteiger partial charge in [-0.1, -0.05) is 34.6 Å². The number of imidazole rings is 1. The Morgan fingerprint density at radius 3 is 2.01 bits per heavy atom. The second-order valence-electron chi connectivity index (χ2n) is 27.3. The maximum atomic E-state index is 14.3. The molecule has 6 aliphatic rings. The number of aliphatic imine (C=N–C) groups is 1. The third kappa shape index (κ3) is 13.0. The molecule has 7 amide bonds. The van der Waals surface area contributed by atoms with Crippen LogP contribution >= 0.6 is 7.82 Å². The number of hydrogen-bond acceptors (Lipinski definition) is 17. The molecule has 1 aromatic carbocycles. The number of hydrogen-bond donors (Lipinski definition) is 14. The van der Waals surface area contributed by atoms with E-state index in [1.807, 2.05) is 67.5 Å². The molecular weight excluding hydrogens is 1180 g/mol. The molecule has 8 bridgehead atoms. The van der Waals surface area contributed by atoms with Crippen molar-refractivity contribution in [3.63, 3.8) is 0 Å². The van der Waals surface area contributed by atoms with E-state index in [1.54, 1.807) is 10.9 Å². The molecular formula is C62H93N13O14P+. The molecule has 8 rings (SSSR count). The molecule has 3 unspecified atom stereocenters. The van der Waals surface area contributed by atoms with Crippen LogP contribution in [0.15, 0.2) is 69.0 Å². The highest BCUT2D eigenvalue weighted by molar-refractivity contribution is 7.47. The van der Waals surface area contributed by atoms with Gasteiger partial charge in [-0.25, -0.2) is 14.5 Å². The van der Waals surface area contributed by atoms with Gasteiger partial charge in [0.05, 0.1) is 24.2 Å². The molecule has 1 aromatic heterocycles. The van der Waals surface area contributed by atoms with Crippen molar-refractivity contribution in [2.45, 2.75) is 201 Å². The Balaban J connectivity index is 1.20. The number of aromatic nitrogens is 2. The lowest BCUT2D eigenvalue weighted by Crippen LogP contribution is -2.64. The predicted octanol–water partition coefficient (Wildman–Crippen LogP) is 1.88. The van der Waals surface area contributed by atoms with Crippen LogP contribution in [-0.4, -0.2) is 122 Å². The summed E-state index contributed by atoms with van der Waals surface area (Å²) in [6.45, 7) is 20.0. The first-order valence-electron chi connectivity index (χ1n) is 30.7. The third-order valence-corrected chi connectivity index (χ3v) is 22.1. The normalized spacial score (nSPS) is 35.2. The monoisotopic (exact) mass is 1270 g/mol. The second-order valence-corrected chi connectivity index (χ2v) is 28.6. The zero-order valence-corrected chi connectivity index (χ0v) is 54.3. The minimum Gasteiger partial charge on any atom is -0.394 e. The summed E-state index contributed by atoms with van der Waals surface area (Å²) in [4.78, 5) is 112. The van der Waals surface area contributed by atoms with Gasteiger partial charge in [0, 0.05) is 108 Å². The summed E-state index contributed by atoms with van der Waals surface area (Å²) in [7, 11) is -5.10. The smallest absolute Gasteiger partial charge is 0.394 e. The number of allylic oxidation sites excluding steroid dienone is 4. The fourth-order valence-electron chi connectivity index (χ4n) is 16.0. The Morgan fingerprint density at radius 1 is 0.789 bits per heavy atom. The van der Waals surface area contributed by atoms with E-state index in [0.717, 1.165) is 34.1 Å². The van der Waals surface area contributed by atoms with Crippen LogP contribution in [0.5, 0.6) is 0 Å². The molecule has 28 heteroatoms. The van der Waals surface area contributed by atoms with E-state index >= 15 is 0 Å². The average Bonchev–Trinajstić information content (AvgIpc) is 1.53. The third-order valence-electron chi connectivity index (χ3n) is 21.0. The Kier molecular flexibility index (Phi) is 19.6. The zero-order chi connectivity index (χ0) is 66.7. The maximum absolute atomic E-state index is 14.3. The van der Waals surface area contributed by atoms with Crippen LogP contribution in [0, 0.1) is 53.3 Å². The fraction of sp³-hybridized carbons (Fsp3) is 0.629. The highest BCUT2D eigenvalue weighted by Gasteiger charge is 2.66. The van der Waals surface area contributed by atoms with Crippen LogP contribution in [0.4, 0.5) is 0 Å². The summed E-state index contributed by atoms with van der Waals surface area (Å²) in [5.74, 6) is -6.03. The molecule has 494 valence electrons. The van der Waals surface area contributed by atoms with E-state index in [2.05, 4.69) is 51.2 Å². The molecule has 0 aliphatic carbocycles. The number of ether oxygens (including phenoxy) is 1. The number of nitrogens with zero attached hydrogens (tertiary/aromatic N) is 2. The Bertz CT molecular complexity index is 3470. The number of aromatic amines is 1. The van der Waals surface area contributed by atoms with Gasteiger partial charge in [-0.2, -0.15) is 4.57 Å². The van der Waals surface area contributed by atoms with E-state index in [-0.39, 0.29) is 70.1 Å². The van der Waals surface area contributed by atoms with Gasteiger partial charge in [-0.15, -0.1) is 0 Å². The van der Waals surface area contributed by atoms with E-state index < -0.39 is 144 Å². The molecule has 16 atom stereocenters. The molecule has 20 N–H and O–H groups in total. The summed E-state index contributed by atoms with van der Waals surface area (Å²) in [5, 5.41) is 37.1. The number of aliphatic hydroxyl groups is 2. The first kappa shape index (κ1) is 68.9. The maximum Gasteiger partial charge on any atom is 0.473 e.